The highest BCUT2D eigenvalue weighted by Gasteiger charge is 2.17. The van der Waals surface area contributed by atoms with Crippen molar-refractivity contribution in [2.45, 2.75) is 19.4 Å². The van der Waals surface area contributed by atoms with Crippen molar-refractivity contribution >= 4 is 41.6 Å². The van der Waals surface area contributed by atoms with Crippen molar-refractivity contribution < 1.29 is 9.53 Å². The lowest BCUT2D eigenvalue weighted by Gasteiger charge is -2.14. The van der Waals surface area contributed by atoms with E-state index in [0.717, 1.165) is 0 Å². The van der Waals surface area contributed by atoms with Crippen LogP contribution in [0.4, 0.5) is 0 Å². The first-order valence-electron chi connectivity index (χ1n) is 4.91. The van der Waals surface area contributed by atoms with E-state index in [-0.39, 0.29) is 24.8 Å². The largest absolute Gasteiger partial charge is 0.466 e. The van der Waals surface area contributed by atoms with Crippen molar-refractivity contribution in [2.24, 2.45) is 5.73 Å². The highest BCUT2D eigenvalue weighted by atomic mass is 35.5. The van der Waals surface area contributed by atoms with Crippen LogP contribution in [-0.2, 0) is 9.53 Å². The first-order valence-corrected chi connectivity index (χ1v) is 5.67. The fraction of sp³-hybridized carbons (Fsp3) is 0.364. The summed E-state index contributed by atoms with van der Waals surface area (Å²) in [6.07, 6.45) is 0.0668. The van der Waals surface area contributed by atoms with Gasteiger partial charge < -0.3 is 10.5 Å². The van der Waals surface area contributed by atoms with Crippen LogP contribution in [0.3, 0.4) is 0 Å². The number of ether oxygens (including phenoxy) is 1. The lowest BCUT2D eigenvalue weighted by atomic mass is 10.0. The number of esters is 1. The predicted octanol–water partition coefficient (Wildman–Crippen LogP) is 3.37. The summed E-state index contributed by atoms with van der Waals surface area (Å²) < 4.78 is 4.81. The highest BCUT2D eigenvalue weighted by molar-refractivity contribution is 6.36. The van der Waals surface area contributed by atoms with Gasteiger partial charge in [0.2, 0.25) is 0 Å². The molecule has 1 aromatic rings. The number of rotatable bonds is 4. The number of benzene rings is 1. The molecule has 1 aromatic carbocycles. The Bertz CT molecular complexity index is 365. The summed E-state index contributed by atoms with van der Waals surface area (Å²) in [5.74, 6) is -0.356. The maximum atomic E-state index is 11.3. The van der Waals surface area contributed by atoms with Gasteiger partial charge in [-0.25, -0.2) is 0 Å². The van der Waals surface area contributed by atoms with E-state index >= 15 is 0 Å². The van der Waals surface area contributed by atoms with Crippen LogP contribution >= 0.6 is 35.6 Å². The summed E-state index contributed by atoms with van der Waals surface area (Å²) >= 11 is 11.9. The van der Waals surface area contributed by atoms with Gasteiger partial charge in [-0.1, -0.05) is 29.3 Å². The van der Waals surface area contributed by atoms with E-state index in [1.807, 2.05) is 0 Å². The molecule has 0 aliphatic heterocycles. The molecule has 17 heavy (non-hydrogen) atoms. The molecule has 0 heterocycles. The molecule has 0 aromatic heterocycles. The van der Waals surface area contributed by atoms with Gasteiger partial charge in [-0.3, -0.25) is 4.79 Å². The molecular weight excluding hydrogens is 284 g/mol. The number of halogens is 3. The van der Waals surface area contributed by atoms with E-state index in [1.165, 1.54) is 0 Å². The van der Waals surface area contributed by atoms with Gasteiger partial charge in [0.15, 0.2) is 0 Å². The summed E-state index contributed by atoms with van der Waals surface area (Å²) in [5, 5.41) is 0.925. The van der Waals surface area contributed by atoms with Gasteiger partial charge in [0.1, 0.15) is 0 Å². The van der Waals surface area contributed by atoms with Gasteiger partial charge in [0.05, 0.1) is 13.0 Å². The molecule has 96 valence electrons. The van der Waals surface area contributed by atoms with Gasteiger partial charge in [0.25, 0.3) is 0 Å². The van der Waals surface area contributed by atoms with Gasteiger partial charge in [-0.2, -0.15) is 0 Å². The first-order chi connectivity index (χ1) is 7.56. The second kappa shape index (κ2) is 7.77. The summed E-state index contributed by atoms with van der Waals surface area (Å²) in [5.41, 5.74) is 6.44. The number of carbonyl (C=O) groups excluding carboxylic acids is 1. The molecular formula is C11H14Cl3NO2. The van der Waals surface area contributed by atoms with Crippen molar-refractivity contribution in [3.63, 3.8) is 0 Å². The Morgan fingerprint density at radius 1 is 1.41 bits per heavy atom. The Labute approximate surface area is 117 Å². The average molecular weight is 299 g/mol. The van der Waals surface area contributed by atoms with Gasteiger partial charge in [-0.15, -0.1) is 12.4 Å². The van der Waals surface area contributed by atoms with E-state index < -0.39 is 6.04 Å². The third-order valence-corrected chi connectivity index (χ3v) is 2.72. The molecule has 0 radical (unpaired) electrons. The summed E-state index contributed by atoms with van der Waals surface area (Å²) in [7, 11) is 0. The van der Waals surface area contributed by atoms with E-state index in [2.05, 4.69) is 0 Å². The molecule has 0 amide bonds. The predicted molar refractivity (Wildman–Crippen MR) is 71.9 cm³/mol. The van der Waals surface area contributed by atoms with Crippen LogP contribution < -0.4 is 5.73 Å². The number of carbonyl (C=O) groups is 1. The minimum Gasteiger partial charge on any atom is -0.466 e. The zero-order chi connectivity index (χ0) is 12.1. The minimum absolute atomic E-state index is 0. The molecule has 0 bridgehead atoms. The van der Waals surface area contributed by atoms with E-state index in [0.29, 0.717) is 22.2 Å². The number of nitrogens with two attached hydrogens (primary N) is 1. The molecule has 0 aliphatic rings. The standard InChI is InChI=1S/C11H13Cl2NO2.ClH/c1-2-16-10(15)6-9(14)11-7(12)4-3-5-8(11)13;/h3-5,9H,2,6,14H2,1H3;1H/t9-;/m0./s1. The quantitative estimate of drug-likeness (QED) is 0.867. The molecule has 1 rings (SSSR count). The third kappa shape index (κ3) is 4.72. The second-order valence-electron chi connectivity index (χ2n) is 3.25. The SMILES string of the molecule is CCOC(=O)C[C@H](N)c1c(Cl)cccc1Cl.Cl. The monoisotopic (exact) mass is 297 g/mol. The minimum atomic E-state index is -0.541. The van der Waals surface area contributed by atoms with Crippen LogP contribution in [0.25, 0.3) is 0 Å². The first kappa shape index (κ1) is 16.5. The number of hydrogen-bond acceptors (Lipinski definition) is 3. The smallest absolute Gasteiger partial charge is 0.307 e. The molecule has 0 fully saturated rings. The Balaban J connectivity index is 0.00000256. The summed E-state index contributed by atoms with van der Waals surface area (Å²) in [4.78, 5) is 11.3. The maximum absolute atomic E-state index is 11.3. The van der Waals surface area contributed by atoms with Crippen molar-refractivity contribution in [3.05, 3.63) is 33.8 Å². The topological polar surface area (TPSA) is 52.3 Å². The van der Waals surface area contributed by atoms with Crippen molar-refractivity contribution in [1.82, 2.24) is 0 Å². The molecule has 0 saturated heterocycles. The van der Waals surface area contributed by atoms with Crippen LogP contribution in [0.2, 0.25) is 10.0 Å². The Hall–Kier alpha value is -0.480. The van der Waals surface area contributed by atoms with Crippen LogP contribution in [0.1, 0.15) is 24.9 Å². The van der Waals surface area contributed by atoms with Crippen molar-refractivity contribution in [1.29, 1.82) is 0 Å². The number of hydrogen-bond donors (Lipinski definition) is 1. The second-order valence-corrected chi connectivity index (χ2v) is 4.07. The fourth-order valence-electron chi connectivity index (χ4n) is 1.37. The van der Waals surface area contributed by atoms with Crippen LogP contribution in [0.15, 0.2) is 18.2 Å². The summed E-state index contributed by atoms with van der Waals surface area (Å²) in [6, 6.07) is 4.56. The third-order valence-electron chi connectivity index (χ3n) is 2.06. The Morgan fingerprint density at radius 2 is 1.94 bits per heavy atom. The fourth-order valence-corrected chi connectivity index (χ4v) is 2.04. The van der Waals surface area contributed by atoms with Crippen LogP contribution in [0.5, 0.6) is 0 Å². The maximum Gasteiger partial charge on any atom is 0.307 e. The zero-order valence-corrected chi connectivity index (χ0v) is 11.6. The van der Waals surface area contributed by atoms with Gasteiger partial charge in [0, 0.05) is 21.7 Å². The van der Waals surface area contributed by atoms with E-state index in [9.17, 15) is 4.79 Å². The molecule has 2 N–H and O–H groups in total. The summed E-state index contributed by atoms with van der Waals surface area (Å²) in [6.45, 7) is 2.08. The van der Waals surface area contributed by atoms with Crippen molar-refractivity contribution in [2.75, 3.05) is 6.61 Å². The van der Waals surface area contributed by atoms with Crippen LogP contribution in [-0.4, -0.2) is 12.6 Å². The Kier molecular flexibility index (Phi) is 7.55. The van der Waals surface area contributed by atoms with Crippen molar-refractivity contribution in [3.8, 4) is 0 Å². The van der Waals surface area contributed by atoms with E-state index in [1.54, 1.807) is 25.1 Å². The zero-order valence-electron chi connectivity index (χ0n) is 9.28. The Morgan fingerprint density at radius 3 is 2.41 bits per heavy atom. The van der Waals surface area contributed by atoms with Crippen LogP contribution in [0, 0.1) is 0 Å². The highest BCUT2D eigenvalue weighted by Crippen LogP contribution is 2.30. The average Bonchev–Trinajstić information content (AvgIpc) is 2.17. The molecule has 0 aliphatic carbocycles. The molecule has 3 nitrogen and oxygen atoms in total. The van der Waals surface area contributed by atoms with Gasteiger partial charge in [-0.05, 0) is 19.1 Å². The molecule has 0 spiro atoms. The van der Waals surface area contributed by atoms with Gasteiger partial charge >= 0.3 is 5.97 Å². The van der Waals surface area contributed by atoms with E-state index in [4.69, 9.17) is 33.7 Å². The lowest BCUT2D eigenvalue weighted by Crippen LogP contribution is -2.18. The molecule has 6 heteroatoms. The molecule has 0 saturated carbocycles. The normalized spacial score (nSPS) is 11.5. The lowest BCUT2D eigenvalue weighted by molar-refractivity contribution is -0.143. The molecule has 1 atom stereocenters. The molecule has 0 unspecified atom stereocenters.